The zero-order valence-electron chi connectivity index (χ0n) is 9.17. The number of aliphatic hydroxyl groups is 1. The van der Waals surface area contributed by atoms with E-state index >= 15 is 0 Å². The highest BCUT2D eigenvalue weighted by Crippen LogP contribution is 2.22. The lowest BCUT2D eigenvalue weighted by Crippen LogP contribution is -2.22. The lowest BCUT2D eigenvalue weighted by molar-refractivity contribution is -0.387. The maximum atomic E-state index is 13.7. The van der Waals surface area contributed by atoms with Crippen LogP contribution in [-0.2, 0) is 6.54 Å². The van der Waals surface area contributed by atoms with E-state index in [1.807, 2.05) is 4.90 Å². The highest BCUT2D eigenvalue weighted by atomic mass is 19.1. The molecule has 6 heteroatoms. The summed E-state index contributed by atoms with van der Waals surface area (Å²) in [4.78, 5) is 11.7. The zero-order valence-corrected chi connectivity index (χ0v) is 9.17. The van der Waals surface area contributed by atoms with Crippen LogP contribution in [0.1, 0.15) is 12.0 Å². The molecule has 0 amide bonds. The summed E-state index contributed by atoms with van der Waals surface area (Å²) in [5.41, 5.74) is -0.199. The van der Waals surface area contributed by atoms with Crippen LogP contribution in [0.25, 0.3) is 0 Å². The third-order valence-corrected chi connectivity index (χ3v) is 2.90. The van der Waals surface area contributed by atoms with E-state index in [-0.39, 0.29) is 6.10 Å². The lowest BCUT2D eigenvalue weighted by Gasteiger charge is -2.15. The third-order valence-electron chi connectivity index (χ3n) is 2.90. The number of nitrogens with zero attached hydrogens (tertiary/aromatic N) is 2. The van der Waals surface area contributed by atoms with Crippen molar-refractivity contribution in [1.29, 1.82) is 0 Å². The molecule has 1 saturated heterocycles. The first-order chi connectivity index (χ1) is 8.08. The summed E-state index contributed by atoms with van der Waals surface area (Å²) >= 11 is 0. The Hall–Kier alpha value is -1.53. The Balaban J connectivity index is 2.16. The van der Waals surface area contributed by atoms with Crippen molar-refractivity contribution in [2.45, 2.75) is 19.1 Å². The minimum atomic E-state index is -0.779. The fourth-order valence-corrected chi connectivity index (χ4v) is 2.03. The normalized spacial score (nSPS) is 20.7. The number of hydrogen-bond acceptors (Lipinski definition) is 4. The first kappa shape index (κ1) is 11.9. The molecule has 0 aromatic heterocycles. The van der Waals surface area contributed by atoms with Crippen LogP contribution in [0.15, 0.2) is 18.2 Å². The number of nitro groups is 1. The summed E-state index contributed by atoms with van der Waals surface area (Å²) < 4.78 is 13.7. The number of hydrogen-bond donors (Lipinski definition) is 1. The molecule has 1 atom stereocenters. The van der Waals surface area contributed by atoms with Gasteiger partial charge in [-0.25, -0.2) is 0 Å². The van der Waals surface area contributed by atoms with Crippen molar-refractivity contribution in [2.75, 3.05) is 13.1 Å². The van der Waals surface area contributed by atoms with Gasteiger partial charge < -0.3 is 5.11 Å². The molecule has 1 aromatic carbocycles. The Labute approximate surface area is 97.6 Å². The van der Waals surface area contributed by atoms with Gasteiger partial charge in [0.1, 0.15) is 0 Å². The molecule has 1 aliphatic heterocycles. The van der Waals surface area contributed by atoms with Gasteiger partial charge in [-0.2, -0.15) is 4.39 Å². The number of aliphatic hydroxyl groups excluding tert-OH is 1. The van der Waals surface area contributed by atoms with Gasteiger partial charge in [-0.1, -0.05) is 12.1 Å². The van der Waals surface area contributed by atoms with Gasteiger partial charge >= 0.3 is 5.69 Å². The Morgan fingerprint density at radius 1 is 1.59 bits per heavy atom. The first-order valence-electron chi connectivity index (χ1n) is 5.40. The van der Waals surface area contributed by atoms with E-state index in [1.165, 1.54) is 12.1 Å². The van der Waals surface area contributed by atoms with Crippen molar-refractivity contribution >= 4 is 5.69 Å². The summed E-state index contributed by atoms with van der Waals surface area (Å²) in [6.45, 7) is 1.47. The maximum Gasteiger partial charge on any atom is 0.305 e. The monoisotopic (exact) mass is 240 g/mol. The van der Waals surface area contributed by atoms with Crippen LogP contribution in [-0.4, -0.2) is 34.1 Å². The predicted octanol–water partition coefficient (Wildman–Crippen LogP) is 1.30. The van der Waals surface area contributed by atoms with Gasteiger partial charge in [-0.3, -0.25) is 15.0 Å². The van der Waals surface area contributed by atoms with Crippen LogP contribution in [0.4, 0.5) is 10.1 Å². The van der Waals surface area contributed by atoms with E-state index in [4.69, 9.17) is 0 Å². The number of halogens is 1. The molecule has 1 unspecified atom stereocenters. The molecule has 0 radical (unpaired) electrons. The highest BCUT2D eigenvalue weighted by molar-refractivity contribution is 5.36. The molecule has 1 aromatic rings. The molecule has 0 spiro atoms. The molecule has 1 heterocycles. The molecular weight excluding hydrogens is 227 g/mol. The number of β-amino-alcohol motifs (C(OH)–C–C–N with tert-alkyl or cyclic N) is 1. The van der Waals surface area contributed by atoms with E-state index < -0.39 is 16.4 Å². The van der Waals surface area contributed by atoms with E-state index in [0.717, 1.165) is 6.07 Å². The van der Waals surface area contributed by atoms with E-state index in [0.29, 0.717) is 31.6 Å². The molecule has 0 bridgehead atoms. The molecule has 1 fully saturated rings. The summed E-state index contributed by atoms with van der Waals surface area (Å²) in [5, 5.41) is 19.9. The van der Waals surface area contributed by atoms with Crippen molar-refractivity contribution in [3.63, 3.8) is 0 Å². The Kier molecular flexibility index (Phi) is 3.35. The zero-order chi connectivity index (χ0) is 12.4. The molecule has 0 saturated carbocycles. The minimum Gasteiger partial charge on any atom is -0.392 e. The van der Waals surface area contributed by atoms with Gasteiger partial charge in [0.25, 0.3) is 0 Å². The van der Waals surface area contributed by atoms with Gasteiger partial charge in [-0.05, 0) is 6.42 Å². The molecule has 1 N–H and O–H groups in total. The average molecular weight is 240 g/mol. The van der Waals surface area contributed by atoms with Crippen molar-refractivity contribution < 1.29 is 14.4 Å². The van der Waals surface area contributed by atoms with Crippen molar-refractivity contribution in [2.24, 2.45) is 0 Å². The number of benzene rings is 1. The van der Waals surface area contributed by atoms with Crippen LogP contribution in [0.3, 0.4) is 0 Å². The van der Waals surface area contributed by atoms with Crippen LogP contribution >= 0.6 is 0 Å². The fraction of sp³-hybridized carbons (Fsp3) is 0.455. The molecule has 2 rings (SSSR count). The van der Waals surface area contributed by atoms with E-state index in [1.54, 1.807) is 0 Å². The lowest BCUT2D eigenvalue weighted by atomic mass is 10.1. The summed E-state index contributed by atoms with van der Waals surface area (Å²) in [5.74, 6) is -0.779. The van der Waals surface area contributed by atoms with Gasteiger partial charge in [0.2, 0.25) is 5.82 Å². The Morgan fingerprint density at radius 3 is 2.94 bits per heavy atom. The fourth-order valence-electron chi connectivity index (χ4n) is 2.03. The number of likely N-dealkylation sites (tertiary alicyclic amines) is 1. The molecule has 5 nitrogen and oxygen atoms in total. The van der Waals surface area contributed by atoms with Gasteiger partial charge in [-0.15, -0.1) is 0 Å². The van der Waals surface area contributed by atoms with Crippen molar-refractivity contribution in [1.82, 2.24) is 4.90 Å². The van der Waals surface area contributed by atoms with Crippen LogP contribution < -0.4 is 0 Å². The second-order valence-electron chi connectivity index (χ2n) is 4.18. The SMILES string of the molecule is O=[N+]([O-])c1cccc(CN2CCC(O)C2)c1F. The largest absolute Gasteiger partial charge is 0.392 e. The molecular formula is C11H13FN2O3. The van der Waals surface area contributed by atoms with E-state index in [9.17, 15) is 19.6 Å². The molecule has 92 valence electrons. The molecule has 1 aliphatic rings. The van der Waals surface area contributed by atoms with Crippen LogP contribution in [0, 0.1) is 15.9 Å². The van der Waals surface area contributed by atoms with Crippen LogP contribution in [0.2, 0.25) is 0 Å². The highest BCUT2D eigenvalue weighted by Gasteiger charge is 2.23. The molecule has 17 heavy (non-hydrogen) atoms. The topological polar surface area (TPSA) is 66.6 Å². The van der Waals surface area contributed by atoms with Crippen molar-refractivity contribution in [3.05, 3.63) is 39.7 Å². The van der Waals surface area contributed by atoms with Crippen LogP contribution in [0.5, 0.6) is 0 Å². The smallest absolute Gasteiger partial charge is 0.305 e. The summed E-state index contributed by atoms with van der Waals surface area (Å²) in [7, 11) is 0. The standard InChI is InChI=1S/C11H13FN2O3/c12-11-8(2-1-3-10(11)14(16)17)6-13-5-4-9(15)7-13/h1-3,9,15H,4-7H2. The second kappa shape index (κ2) is 4.77. The second-order valence-corrected chi connectivity index (χ2v) is 4.18. The molecule has 0 aliphatic carbocycles. The minimum absolute atomic E-state index is 0.296. The van der Waals surface area contributed by atoms with Gasteiger partial charge in [0.05, 0.1) is 11.0 Å². The maximum absolute atomic E-state index is 13.7. The first-order valence-corrected chi connectivity index (χ1v) is 5.40. The summed E-state index contributed by atoms with van der Waals surface area (Å²) in [6.07, 6.45) is 0.285. The number of rotatable bonds is 3. The van der Waals surface area contributed by atoms with Gasteiger partial charge in [0.15, 0.2) is 0 Å². The Morgan fingerprint density at radius 2 is 2.35 bits per heavy atom. The Bertz CT molecular complexity index is 439. The third kappa shape index (κ3) is 2.59. The van der Waals surface area contributed by atoms with E-state index in [2.05, 4.69) is 0 Å². The van der Waals surface area contributed by atoms with Crippen molar-refractivity contribution in [3.8, 4) is 0 Å². The number of nitro benzene ring substituents is 1. The van der Waals surface area contributed by atoms with Gasteiger partial charge in [0, 0.05) is 31.3 Å². The average Bonchev–Trinajstić information content (AvgIpc) is 2.67. The quantitative estimate of drug-likeness (QED) is 0.638. The predicted molar refractivity (Wildman–Crippen MR) is 59.0 cm³/mol. The summed E-state index contributed by atoms with van der Waals surface area (Å²) in [6, 6.07) is 4.16.